The average molecular weight is 273 g/mol. The molecule has 1 fully saturated rings. The van der Waals surface area contributed by atoms with Crippen LogP contribution in [0, 0.1) is 0 Å². The molecule has 1 aromatic carbocycles. The molecule has 1 saturated heterocycles. The summed E-state index contributed by atoms with van der Waals surface area (Å²) < 4.78 is 2.23. The van der Waals surface area contributed by atoms with Gasteiger partial charge in [0.05, 0.1) is 0 Å². The van der Waals surface area contributed by atoms with Crippen LogP contribution in [0.1, 0.15) is 18.4 Å². The molecule has 0 radical (unpaired) electrons. The Morgan fingerprint density at radius 1 is 1.32 bits per heavy atom. The molecule has 0 unspecified atom stereocenters. The fraction of sp³-hybridized carbons (Fsp3) is 0.400. The van der Waals surface area contributed by atoms with E-state index in [0.717, 1.165) is 17.5 Å². The van der Waals surface area contributed by atoms with Crippen molar-refractivity contribution in [2.45, 2.75) is 30.6 Å². The molecule has 1 aliphatic heterocycles. The third-order valence-corrected chi connectivity index (χ3v) is 4.62. The van der Waals surface area contributed by atoms with Gasteiger partial charge in [0, 0.05) is 30.7 Å². The summed E-state index contributed by atoms with van der Waals surface area (Å²) in [6, 6.07) is 11.2. The second-order valence-corrected chi connectivity index (χ2v) is 5.91. The van der Waals surface area contributed by atoms with E-state index in [2.05, 4.69) is 51.4 Å². The van der Waals surface area contributed by atoms with E-state index in [-0.39, 0.29) is 0 Å². The Morgan fingerprint density at radius 2 is 2.21 bits per heavy atom. The summed E-state index contributed by atoms with van der Waals surface area (Å²) in [5.74, 6) is 1.12. The molecular weight excluding hydrogens is 254 g/mol. The Morgan fingerprint density at radius 3 is 3.00 bits per heavy atom. The van der Waals surface area contributed by atoms with Crippen molar-refractivity contribution in [2.24, 2.45) is 0 Å². The molecule has 19 heavy (non-hydrogen) atoms. The number of benzene rings is 1. The van der Waals surface area contributed by atoms with Crippen LogP contribution in [-0.4, -0.2) is 27.9 Å². The zero-order valence-electron chi connectivity index (χ0n) is 11.0. The Labute approximate surface area is 118 Å². The standard InChI is InChI=1S/C15H19N3S/c1-2-5-13(6-3-1)11-18-10-9-17-15(18)19-12-14-7-4-8-16-14/h1-3,5-6,9-10,14,16H,4,7-8,11-12H2/t14-/m0/s1. The van der Waals surface area contributed by atoms with Crippen molar-refractivity contribution < 1.29 is 0 Å². The first-order chi connectivity index (χ1) is 9.42. The van der Waals surface area contributed by atoms with Gasteiger partial charge in [-0.3, -0.25) is 0 Å². The molecule has 3 nitrogen and oxygen atoms in total. The van der Waals surface area contributed by atoms with Gasteiger partial charge in [-0.2, -0.15) is 0 Å². The highest BCUT2D eigenvalue weighted by Crippen LogP contribution is 2.20. The highest BCUT2D eigenvalue weighted by Gasteiger charge is 2.15. The molecule has 1 atom stereocenters. The Balaban J connectivity index is 1.61. The molecule has 100 valence electrons. The zero-order valence-corrected chi connectivity index (χ0v) is 11.8. The van der Waals surface area contributed by atoms with Gasteiger partial charge in [0.2, 0.25) is 0 Å². The number of hydrogen-bond acceptors (Lipinski definition) is 3. The summed E-state index contributed by atoms with van der Waals surface area (Å²) in [4.78, 5) is 4.47. The molecule has 0 amide bonds. The van der Waals surface area contributed by atoms with Crippen LogP contribution in [0.3, 0.4) is 0 Å². The number of hydrogen-bond donors (Lipinski definition) is 1. The van der Waals surface area contributed by atoms with E-state index in [1.807, 2.05) is 18.0 Å². The number of aromatic nitrogens is 2. The van der Waals surface area contributed by atoms with Crippen LogP contribution in [0.2, 0.25) is 0 Å². The second-order valence-electron chi connectivity index (χ2n) is 4.93. The van der Waals surface area contributed by atoms with Crippen LogP contribution < -0.4 is 5.32 Å². The number of rotatable bonds is 5. The lowest BCUT2D eigenvalue weighted by Crippen LogP contribution is -2.23. The van der Waals surface area contributed by atoms with Gasteiger partial charge in [0.15, 0.2) is 5.16 Å². The third kappa shape index (κ3) is 3.39. The topological polar surface area (TPSA) is 29.9 Å². The van der Waals surface area contributed by atoms with Crippen LogP contribution in [0.25, 0.3) is 0 Å². The van der Waals surface area contributed by atoms with E-state index in [9.17, 15) is 0 Å². The Hall–Kier alpha value is -1.26. The molecule has 3 rings (SSSR count). The number of nitrogens with one attached hydrogen (secondary N) is 1. The average Bonchev–Trinajstić information content (AvgIpc) is 3.09. The van der Waals surface area contributed by atoms with Gasteiger partial charge in [0.1, 0.15) is 0 Å². The summed E-state index contributed by atoms with van der Waals surface area (Å²) in [6.45, 7) is 2.07. The van der Waals surface area contributed by atoms with Gasteiger partial charge >= 0.3 is 0 Å². The highest BCUT2D eigenvalue weighted by molar-refractivity contribution is 7.99. The first kappa shape index (κ1) is 12.8. The van der Waals surface area contributed by atoms with Crippen molar-refractivity contribution in [2.75, 3.05) is 12.3 Å². The maximum atomic E-state index is 4.47. The molecule has 0 saturated carbocycles. The molecule has 2 heterocycles. The lowest BCUT2D eigenvalue weighted by atomic mass is 10.2. The first-order valence-electron chi connectivity index (χ1n) is 6.83. The maximum Gasteiger partial charge on any atom is 0.168 e. The quantitative estimate of drug-likeness (QED) is 0.850. The SMILES string of the molecule is c1ccc(Cn2ccnc2SC[C@@H]2CCCN2)cc1. The van der Waals surface area contributed by atoms with Crippen molar-refractivity contribution in [3.05, 3.63) is 48.3 Å². The summed E-state index contributed by atoms with van der Waals surface area (Å²) in [5, 5.41) is 4.65. The van der Waals surface area contributed by atoms with Gasteiger partial charge in [-0.25, -0.2) is 4.98 Å². The first-order valence-corrected chi connectivity index (χ1v) is 7.81. The third-order valence-electron chi connectivity index (χ3n) is 3.45. The summed E-state index contributed by atoms with van der Waals surface area (Å²) in [5.41, 5.74) is 1.32. The van der Waals surface area contributed by atoms with E-state index >= 15 is 0 Å². The number of imidazole rings is 1. The normalized spacial score (nSPS) is 18.8. The Kier molecular flexibility index (Phi) is 4.20. The van der Waals surface area contributed by atoms with Gasteiger partial charge < -0.3 is 9.88 Å². The molecule has 2 aromatic rings. The van der Waals surface area contributed by atoms with Crippen molar-refractivity contribution >= 4 is 11.8 Å². The van der Waals surface area contributed by atoms with E-state index in [0.29, 0.717) is 6.04 Å². The van der Waals surface area contributed by atoms with Crippen LogP contribution in [0.5, 0.6) is 0 Å². The van der Waals surface area contributed by atoms with E-state index < -0.39 is 0 Å². The fourth-order valence-electron chi connectivity index (χ4n) is 2.41. The molecule has 0 spiro atoms. The van der Waals surface area contributed by atoms with Crippen LogP contribution >= 0.6 is 11.8 Å². The van der Waals surface area contributed by atoms with E-state index in [4.69, 9.17) is 0 Å². The van der Waals surface area contributed by atoms with Crippen molar-refractivity contribution in [3.63, 3.8) is 0 Å². The highest BCUT2D eigenvalue weighted by atomic mass is 32.2. The van der Waals surface area contributed by atoms with Gasteiger partial charge in [-0.15, -0.1) is 0 Å². The fourth-order valence-corrected chi connectivity index (χ4v) is 3.47. The summed E-state index contributed by atoms with van der Waals surface area (Å²) >= 11 is 1.86. The number of nitrogens with zero attached hydrogens (tertiary/aromatic N) is 2. The zero-order chi connectivity index (χ0) is 12.9. The molecule has 1 N–H and O–H groups in total. The molecular formula is C15H19N3S. The van der Waals surface area contributed by atoms with Crippen LogP contribution in [0.15, 0.2) is 47.9 Å². The van der Waals surface area contributed by atoms with Crippen molar-refractivity contribution in [1.29, 1.82) is 0 Å². The maximum absolute atomic E-state index is 4.47. The van der Waals surface area contributed by atoms with Gasteiger partial charge in [-0.1, -0.05) is 42.1 Å². The molecule has 1 aromatic heterocycles. The molecule has 0 bridgehead atoms. The van der Waals surface area contributed by atoms with Gasteiger partial charge in [0.25, 0.3) is 0 Å². The van der Waals surface area contributed by atoms with Gasteiger partial charge in [-0.05, 0) is 24.9 Å². The van der Waals surface area contributed by atoms with E-state index in [1.165, 1.54) is 24.9 Å². The van der Waals surface area contributed by atoms with Crippen molar-refractivity contribution in [1.82, 2.24) is 14.9 Å². The minimum atomic E-state index is 0.659. The van der Waals surface area contributed by atoms with Crippen LogP contribution in [-0.2, 0) is 6.54 Å². The molecule has 4 heteroatoms. The minimum Gasteiger partial charge on any atom is -0.322 e. The smallest absolute Gasteiger partial charge is 0.168 e. The van der Waals surface area contributed by atoms with E-state index in [1.54, 1.807) is 0 Å². The summed E-state index contributed by atoms with van der Waals surface area (Å²) in [6.07, 6.45) is 6.57. The predicted molar refractivity (Wildman–Crippen MR) is 79.5 cm³/mol. The predicted octanol–water partition coefficient (Wildman–Crippen LogP) is 2.78. The number of thioether (sulfide) groups is 1. The summed E-state index contributed by atoms with van der Waals surface area (Å²) in [7, 11) is 0. The minimum absolute atomic E-state index is 0.659. The monoisotopic (exact) mass is 273 g/mol. The Bertz CT molecular complexity index is 503. The molecule has 1 aliphatic rings. The lowest BCUT2D eigenvalue weighted by molar-refractivity contribution is 0.667. The largest absolute Gasteiger partial charge is 0.322 e. The second kappa shape index (κ2) is 6.26. The van der Waals surface area contributed by atoms with Crippen molar-refractivity contribution in [3.8, 4) is 0 Å². The molecule has 0 aliphatic carbocycles. The lowest BCUT2D eigenvalue weighted by Gasteiger charge is -2.11. The van der Waals surface area contributed by atoms with Crippen LogP contribution in [0.4, 0.5) is 0 Å².